The molecule has 0 saturated heterocycles. The highest BCUT2D eigenvalue weighted by Gasteiger charge is 2.24. The molecule has 1 unspecified atom stereocenters. The van der Waals surface area contributed by atoms with Crippen LogP contribution in [0.25, 0.3) is 0 Å². The summed E-state index contributed by atoms with van der Waals surface area (Å²) < 4.78 is 0. The molecule has 5 nitrogen and oxygen atoms in total. The van der Waals surface area contributed by atoms with Crippen molar-refractivity contribution in [2.45, 2.75) is 78.2 Å². The van der Waals surface area contributed by atoms with Gasteiger partial charge in [0.15, 0.2) is 0 Å². The Kier molecular flexibility index (Phi) is 8.21. The molecule has 1 aromatic carbocycles. The minimum absolute atomic E-state index is 0.250. The molecule has 0 aliphatic heterocycles. The van der Waals surface area contributed by atoms with Gasteiger partial charge in [0, 0.05) is 24.7 Å². The van der Waals surface area contributed by atoms with E-state index in [9.17, 15) is 0 Å². The van der Waals surface area contributed by atoms with Crippen LogP contribution in [0.1, 0.15) is 77.7 Å². The van der Waals surface area contributed by atoms with Gasteiger partial charge in [0.05, 0.1) is 11.4 Å². The number of rotatable bonds is 9. The normalized spacial score (nSPS) is 16.8. The Morgan fingerprint density at radius 1 is 1.25 bits per heavy atom. The van der Waals surface area contributed by atoms with Crippen LogP contribution in [0.3, 0.4) is 0 Å². The first-order valence-electron chi connectivity index (χ1n) is 10.7. The zero-order chi connectivity index (χ0) is 20.7. The maximum atomic E-state index is 5.85. The van der Waals surface area contributed by atoms with Gasteiger partial charge < -0.3 is 21.8 Å². The van der Waals surface area contributed by atoms with Crippen LogP contribution in [0.15, 0.2) is 35.6 Å². The summed E-state index contributed by atoms with van der Waals surface area (Å²) >= 11 is 0. The Bertz CT molecular complexity index is 674. The third kappa shape index (κ3) is 6.18. The van der Waals surface area contributed by atoms with Crippen LogP contribution in [-0.2, 0) is 0 Å². The Labute approximate surface area is 171 Å². The molecule has 1 atom stereocenters. The van der Waals surface area contributed by atoms with Crippen molar-refractivity contribution in [3.63, 3.8) is 0 Å². The molecule has 1 aromatic rings. The number of hydrogen-bond donors (Lipinski definition) is 3. The lowest BCUT2D eigenvalue weighted by atomic mass is 9.92. The molecule has 0 radical (unpaired) electrons. The first kappa shape index (κ1) is 22.1. The van der Waals surface area contributed by atoms with Gasteiger partial charge in [-0.15, -0.1) is 0 Å². The number of nitrogens with two attached hydrogens (primary N) is 2. The van der Waals surface area contributed by atoms with Crippen molar-refractivity contribution in [1.82, 2.24) is 0 Å². The van der Waals surface area contributed by atoms with Crippen molar-refractivity contribution in [2.24, 2.45) is 22.6 Å². The lowest BCUT2D eigenvalue weighted by Crippen LogP contribution is -2.39. The quantitative estimate of drug-likeness (QED) is 0.238. The summed E-state index contributed by atoms with van der Waals surface area (Å²) in [5, 5.41) is 7.13. The number of nitrogens with zero attached hydrogens (tertiary/aromatic N) is 2. The van der Waals surface area contributed by atoms with Crippen LogP contribution in [0.2, 0.25) is 0 Å². The Morgan fingerprint density at radius 2 is 1.93 bits per heavy atom. The molecule has 1 aliphatic rings. The van der Waals surface area contributed by atoms with E-state index in [4.69, 9.17) is 11.6 Å². The maximum absolute atomic E-state index is 5.85. The Hall–Kier alpha value is -2.17. The molecule has 1 aliphatic carbocycles. The Balaban J connectivity index is 2.39. The predicted molar refractivity (Wildman–Crippen MR) is 123 cm³/mol. The highest BCUT2D eigenvalue weighted by molar-refractivity contribution is 5.81. The highest BCUT2D eigenvalue weighted by atomic mass is 15.2. The minimum Gasteiger partial charge on any atom is -0.386 e. The van der Waals surface area contributed by atoms with Crippen molar-refractivity contribution in [1.29, 1.82) is 0 Å². The summed E-state index contributed by atoms with van der Waals surface area (Å²) in [5.41, 5.74) is 10.4. The van der Waals surface area contributed by atoms with Crippen LogP contribution in [0.4, 0.5) is 11.4 Å². The molecule has 0 aromatic heterocycles. The fourth-order valence-electron chi connectivity index (χ4n) is 4.16. The van der Waals surface area contributed by atoms with Crippen LogP contribution in [-0.4, -0.2) is 18.4 Å². The van der Waals surface area contributed by atoms with E-state index in [2.05, 4.69) is 60.9 Å². The number of hydrazone groups is 1. The zero-order valence-corrected chi connectivity index (χ0v) is 18.2. The number of nitrogens with one attached hydrogen (secondary N) is 1. The number of benzene rings is 1. The third-order valence-electron chi connectivity index (χ3n) is 5.51. The summed E-state index contributed by atoms with van der Waals surface area (Å²) in [6, 6.07) is 7.35. The predicted octanol–water partition coefficient (Wildman–Crippen LogP) is 5.15. The molecule has 156 valence electrons. The molecule has 28 heavy (non-hydrogen) atoms. The Morgan fingerprint density at radius 3 is 2.50 bits per heavy atom. The number of amidine groups is 1. The third-order valence-corrected chi connectivity index (χ3v) is 5.51. The van der Waals surface area contributed by atoms with Gasteiger partial charge in [-0.05, 0) is 49.3 Å². The topological polar surface area (TPSA) is 79.7 Å². The molecule has 5 heteroatoms. The molecule has 5 N–H and O–H groups in total. The van der Waals surface area contributed by atoms with E-state index in [0.29, 0.717) is 24.2 Å². The van der Waals surface area contributed by atoms with Gasteiger partial charge in [-0.25, -0.2) is 0 Å². The summed E-state index contributed by atoms with van der Waals surface area (Å²) in [4.78, 5) is 2.62. The number of allylic oxidation sites excluding steroid dienone is 1. The van der Waals surface area contributed by atoms with Gasteiger partial charge in [0.2, 0.25) is 0 Å². The first-order valence-corrected chi connectivity index (χ1v) is 10.7. The smallest absolute Gasteiger partial charge is 0.119 e. The molecule has 0 heterocycles. The second kappa shape index (κ2) is 10.4. The molecule has 2 rings (SSSR count). The second-order valence-corrected chi connectivity index (χ2v) is 8.75. The van der Waals surface area contributed by atoms with Gasteiger partial charge in [-0.2, -0.15) is 5.10 Å². The largest absolute Gasteiger partial charge is 0.386 e. The average Bonchev–Trinajstić information content (AvgIpc) is 2.66. The first-order chi connectivity index (χ1) is 13.3. The maximum Gasteiger partial charge on any atom is 0.119 e. The zero-order valence-electron chi connectivity index (χ0n) is 18.2. The van der Waals surface area contributed by atoms with E-state index in [1.807, 2.05) is 6.92 Å². The van der Waals surface area contributed by atoms with Crippen molar-refractivity contribution in [3.8, 4) is 0 Å². The van der Waals surface area contributed by atoms with E-state index in [0.717, 1.165) is 17.9 Å². The van der Waals surface area contributed by atoms with E-state index < -0.39 is 0 Å². The summed E-state index contributed by atoms with van der Waals surface area (Å²) in [7, 11) is 0. The molecule has 1 fully saturated rings. The SMILES string of the molecule is C=C(C)Nc1cc(C(C)C/C(N)=N/N)ccc1N(CC(C)C)C1CCCCC1. The van der Waals surface area contributed by atoms with Crippen LogP contribution >= 0.6 is 0 Å². The molecule has 0 spiro atoms. The summed E-state index contributed by atoms with van der Waals surface area (Å²) in [5.74, 6) is 6.66. The van der Waals surface area contributed by atoms with E-state index >= 15 is 0 Å². The van der Waals surface area contributed by atoms with Crippen LogP contribution in [0, 0.1) is 5.92 Å². The fraction of sp³-hybridized carbons (Fsp3) is 0.609. The van der Waals surface area contributed by atoms with E-state index in [1.54, 1.807) is 0 Å². The van der Waals surface area contributed by atoms with Crippen LogP contribution in [0.5, 0.6) is 0 Å². The fourth-order valence-corrected chi connectivity index (χ4v) is 4.16. The highest BCUT2D eigenvalue weighted by Crippen LogP contribution is 2.36. The van der Waals surface area contributed by atoms with Crippen molar-refractivity contribution in [3.05, 3.63) is 36.0 Å². The molecule has 0 amide bonds. The summed E-state index contributed by atoms with van der Waals surface area (Å²) in [6.45, 7) is 13.9. The van der Waals surface area contributed by atoms with Crippen molar-refractivity contribution >= 4 is 17.2 Å². The van der Waals surface area contributed by atoms with Crippen LogP contribution < -0.4 is 21.8 Å². The minimum atomic E-state index is 0.250. The van der Waals surface area contributed by atoms with Crippen molar-refractivity contribution in [2.75, 3.05) is 16.8 Å². The molecule has 0 bridgehead atoms. The van der Waals surface area contributed by atoms with Gasteiger partial charge in [0.1, 0.15) is 5.84 Å². The van der Waals surface area contributed by atoms with Gasteiger partial charge >= 0.3 is 0 Å². The number of anilines is 2. The monoisotopic (exact) mass is 385 g/mol. The molecule has 1 saturated carbocycles. The van der Waals surface area contributed by atoms with Gasteiger partial charge in [-0.1, -0.05) is 52.7 Å². The molecular weight excluding hydrogens is 346 g/mol. The van der Waals surface area contributed by atoms with Gasteiger partial charge in [-0.3, -0.25) is 0 Å². The lowest BCUT2D eigenvalue weighted by molar-refractivity contribution is 0.401. The number of hydrogen-bond acceptors (Lipinski definition) is 4. The van der Waals surface area contributed by atoms with Gasteiger partial charge in [0.25, 0.3) is 0 Å². The second-order valence-electron chi connectivity index (χ2n) is 8.75. The van der Waals surface area contributed by atoms with E-state index in [-0.39, 0.29) is 5.92 Å². The average molecular weight is 386 g/mol. The molecular formula is C23H39N5. The lowest BCUT2D eigenvalue weighted by Gasteiger charge is -2.38. The standard InChI is InChI=1S/C23H39N5/c1-16(2)15-28(20-9-7-6-8-10-20)22-12-11-19(14-21(22)26-17(3)4)18(5)13-23(24)27-25/h11-12,14,16,18,20,26H,3,6-10,13,15,25H2,1-2,4-5H3,(H2,24,27). The van der Waals surface area contributed by atoms with E-state index in [1.165, 1.54) is 43.4 Å². The summed E-state index contributed by atoms with van der Waals surface area (Å²) in [6.07, 6.45) is 7.23. The van der Waals surface area contributed by atoms with Crippen molar-refractivity contribution < 1.29 is 0 Å².